The number of fused-ring (bicyclic) bond motifs is 1. The second kappa shape index (κ2) is 7.23. The zero-order chi connectivity index (χ0) is 17.2. The average Bonchev–Trinajstić information content (AvgIpc) is 3.11. The second-order valence-corrected chi connectivity index (χ2v) is 9.51. The van der Waals surface area contributed by atoms with Gasteiger partial charge in [-0.05, 0) is 0 Å². The third kappa shape index (κ3) is 3.98. The molecule has 0 unspecified atom stereocenters. The summed E-state index contributed by atoms with van der Waals surface area (Å²) in [6, 6.07) is 8.27. The molecule has 3 rings (SSSR count). The summed E-state index contributed by atoms with van der Waals surface area (Å²) in [5.74, 6) is -0.205. The number of nitrogens with zero attached hydrogens (tertiary/aromatic N) is 2. The van der Waals surface area contributed by atoms with Crippen molar-refractivity contribution in [2.45, 2.75) is 19.9 Å². The second-order valence-electron chi connectivity index (χ2n) is 5.71. The van der Waals surface area contributed by atoms with Crippen molar-refractivity contribution in [2.75, 3.05) is 18.8 Å². The Morgan fingerprint density at radius 2 is 2.17 bits per heavy atom. The van der Waals surface area contributed by atoms with Gasteiger partial charge in [-0.1, -0.05) is 0 Å². The van der Waals surface area contributed by atoms with Gasteiger partial charge in [0.05, 0.1) is 0 Å². The normalized spacial score (nSPS) is 16.6. The molecule has 7 heteroatoms. The van der Waals surface area contributed by atoms with Gasteiger partial charge in [0.25, 0.3) is 0 Å². The molecular weight excluding hydrogens is 391 g/mol. The molecule has 0 radical (unpaired) electrons. The summed E-state index contributed by atoms with van der Waals surface area (Å²) in [5, 5.41) is 0. The summed E-state index contributed by atoms with van der Waals surface area (Å²) in [5.41, 5.74) is 2.37. The predicted octanol–water partition coefficient (Wildman–Crippen LogP) is 1.69. The van der Waals surface area contributed by atoms with Crippen LogP contribution in [0.3, 0.4) is 0 Å². The molecule has 24 heavy (non-hydrogen) atoms. The van der Waals surface area contributed by atoms with E-state index >= 15 is 0 Å². The summed E-state index contributed by atoms with van der Waals surface area (Å²) in [6.07, 6.45) is 6.93. The van der Waals surface area contributed by atoms with Crippen LogP contribution in [0.15, 0.2) is 42.1 Å². The summed E-state index contributed by atoms with van der Waals surface area (Å²) < 4.78 is 35.7. The fraction of sp³-hybridized carbons (Fsp3) is 0.353. The third-order valence-corrected chi connectivity index (χ3v) is 7.19. The first kappa shape index (κ1) is 17.4. The SMILES string of the molecule is CCN1CC=CC1=Cc1[se]c2ccccc2[n+]1CCCS(=O)(=O)O. The maximum atomic E-state index is 11.0. The molecule has 2 heterocycles. The third-order valence-electron chi connectivity index (χ3n) is 4.05. The maximum absolute atomic E-state index is 11.0. The van der Waals surface area contributed by atoms with Gasteiger partial charge in [-0.25, -0.2) is 0 Å². The number of para-hydroxylation sites is 1. The van der Waals surface area contributed by atoms with Gasteiger partial charge >= 0.3 is 148 Å². The topological polar surface area (TPSA) is 61.5 Å². The van der Waals surface area contributed by atoms with Crippen molar-refractivity contribution in [1.29, 1.82) is 0 Å². The summed E-state index contributed by atoms with van der Waals surface area (Å²) in [4.78, 5) is 2.31. The van der Waals surface area contributed by atoms with Gasteiger partial charge in [-0.2, -0.15) is 0 Å². The zero-order valence-electron chi connectivity index (χ0n) is 13.6. The molecular formula is C17H21N2O3SSe+. The Kier molecular flexibility index (Phi) is 5.25. The molecule has 0 amide bonds. The molecule has 2 aromatic rings. The molecule has 1 N–H and O–H groups in total. The van der Waals surface area contributed by atoms with E-state index in [0.29, 0.717) is 13.0 Å². The van der Waals surface area contributed by atoms with E-state index in [-0.39, 0.29) is 20.3 Å². The fourth-order valence-corrected chi connectivity index (χ4v) is 5.76. The first-order valence-electron chi connectivity index (χ1n) is 7.97. The summed E-state index contributed by atoms with van der Waals surface area (Å²) in [6.45, 7) is 4.64. The van der Waals surface area contributed by atoms with Crippen molar-refractivity contribution >= 4 is 40.5 Å². The first-order valence-corrected chi connectivity index (χ1v) is 11.3. The number of aromatic nitrogens is 1. The van der Waals surface area contributed by atoms with Crippen LogP contribution in [0.2, 0.25) is 0 Å². The number of aryl methyl sites for hydroxylation is 1. The fourth-order valence-electron chi connectivity index (χ4n) is 2.89. The predicted molar refractivity (Wildman–Crippen MR) is 96.5 cm³/mol. The van der Waals surface area contributed by atoms with Gasteiger partial charge in [0, 0.05) is 0 Å². The Hall–Kier alpha value is -1.40. The average molecular weight is 412 g/mol. The zero-order valence-corrected chi connectivity index (χ0v) is 16.1. The molecule has 1 aliphatic heterocycles. The van der Waals surface area contributed by atoms with Crippen LogP contribution in [-0.4, -0.2) is 51.2 Å². The van der Waals surface area contributed by atoms with E-state index in [2.05, 4.69) is 46.8 Å². The van der Waals surface area contributed by atoms with Crippen LogP contribution in [0.25, 0.3) is 15.9 Å². The number of benzene rings is 1. The van der Waals surface area contributed by atoms with E-state index in [1.54, 1.807) is 0 Å². The quantitative estimate of drug-likeness (QED) is 0.446. The van der Waals surface area contributed by atoms with E-state index < -0.39 is 10.1 Å². The summed E-state index contributed by atoms with van der Waals surface area (Å²) in [7, 11) is -3.91. The van der Waals surface area contributed by atoms with E-state index in [0.717, 1.165) is 18.6 Å². The van der Waals surface area contributed by atoms with Crippen LogP contribution in [0.4, 0.5) is 0 Å². The molecule has 0 bridgehead atoms. The number of hydrogen-bond acceptors (Lipinski definition) is 3. The summed E-state index contributed by atoms with van der Waals surface area (Å²) >= 11 is 0.206. The van der Waals surface area contributed by atoms with Crippen molar-refractivity contribution in [3.05, 3.63) is 46.7 Å². The van der Waals surface area contributed by atoms with Crippen LogP contribution in [0.5, 0.6) is 0 Å². The molecule has 1 aromatic carbocycles. The van der Waals surface area contributed by atoms with E-state index in [1.165, 1.54) is 14.5 Å². The van der Waals surface area contributed by atoms with Crippen LogP contribution >= 0.6 is 0 Å². The van der Waals surface area contributed by atoms with Gasteiger partial charge in [-0.3, -0.25) is 0 Å². The van der Waals surface area contributed by atoms with Crippen LogP contribution < -0.4 is 4.57 Å². The number of hydrogen-bond donors (Lipinski definition) is 1. The Bertz CT molecular complexity index is 900. The van der Waals surface area contributed by atoms with Gasteiger partial charge < -0.3 is 0 Å². The van der Waals surface area contributed by atoms with Gasteiger partial charge in [-0.15, -0.1) is 0 Å². The van der Waals surface area contributed by atoms with Crippen molar-refractivity contribution < 1.29 is 17.5 Å². The van der Waals surface area contributed by atoms with E-state index in [4.69, 9.17) is 4.55 Å². The van der Waals surface area contributed by atoms with Crippen molar-refractivity contribution in [3.8, 4) is 0 Å². The van der Waals surface area contributed by atoms with E-state index in [9.17, 15) is 8.42 Å². The van der Waals surface area contributed by atoms with Gasteiger partial charge in [0.15, 0.2) is 0 Å². The molecule has 0 saturated carbocycles. The molecule has 0 spiro atoms. The molecule has 128 valence electrons. The van der Waals surface area contributed by atoms with Crippen molar-refractivity contribution in [1.82, 2.24) is 4.90 Å². The van der Waals surface area contributed by atoms with Crippen molar-refractivity contribution in [3.63, 3.8) is 0 Å². The monoisotopic (exact) mass is 413 g/mol. The van der Waals surface area contributed by atoms with Gasteiger partial charge in [0.2, 0.25) is 0 Å². The Labute approximate surface area is 148 Å². The minimum atomic E-state index is -3.91. The molecule has 1 aromatic heterocycles. The van der Waals surface area contributed by atoms with Crippen LogP contribution in [0.1, 0.15) is 17.9 Å². The first-order chi connectivity index (χ1) is 11.5. The Morgan fingerprint density at radius 1 is 1.38 bits per heavy atom. The minimum absolute atomic E-state index is 0.205. The standard InChI is InChI=1S/C17H20N2O3SSe/c1-2-18-10-5-7-14(18)13-17-19(11-6-12-23(20,21)22)15-8-3-4-9-16(15)24-17/h3-5,7-9,13H,2,6,10-12H2,1H3/p+1. The molecule has 0 atom stereocenters. The number of allylic oxidation sites excluding steroid dienone is 1. The van der Waals surface area contributed by atoms with Gasteiger partial charge in [0.1, 0.15) is 0 Å². The number of rotatable bonds is 6. The van der Waals surface area contributed by atoms with Crippen LogP contribution in [-0.2, 0) is 16.7 Å². The molecule has 0 fully saturated rings. The number of likely N-dealkylation sites (N-methyl/N-ethyl adjacent to an activating group) is 1. The Morgan fingerprint density at radius 3 is 2.92 bits per heavy atom. The van der Waals surface area contributed by atoms with Crippen molar-refractivity contribution in [2.24, 2.45) is 0 Å². The molecule has 0 saturated heterocycles. The molecule has 1 aliphatic rings. The molecule has 5 nitrogen and oxygen atoms in total. The van der Waals surface area contributed by atoms with E-state index in [1.807, 2.05) is 12.1 Å². The molecule has 0 aliphatic carbocycles. The Balaban J connectivity index is 1.96. The van der Waals surface area contributed by atoms with Crippen LogP contribution in [0, 0.1) is 0 Å².